The van der Waals surface area contributed by atoms with E-state index in [9.17, 15) is 9.59 Å². The van der Waals surface area contributed by atoms with E-state index in [2.05, 4.69) is 40.1 Å². The molecule has 0 saturated heterocycles. The molecule has 5 heteroatoms. The Morgan fingerprint density at radius 2 is 1.90 bits per heavy atom. The van der Waals surface area contributed by atoms with Crippen molar-refractivity contribution < 1.29 is 19.1 Å². The second-order valence-electron chi connectivity index (χ2n) is 12.0. The molecule has 2 bridgehead atoms. The molecule has 3 saturated carbocycles. The number of allylic oxidation sites excluding steroid dienone is 1. The van der Waals surface area contributed by atoms with Gasteiger partial charge in [-0.15, -0.1) is 6.58 Å². The van der Waals surface area contributed by atoms with Gasteiger partial charge in [0.15, 0.2) is 0 Å². The third-order valence-corrected chi connectivity index (χ3v) is 10.5. The Morgan fingerprint density at radius 1 is 1.20 bits per heavy atom. The van der Waals surface area contributed by atoms with Crippen LogP contribution < -0.4 is 0 Å². The van der Waals surface area contributed by atoms with Gasteiger partial charge in [0.05, 0.1) is 6.10 Å². The Bertz CT molecular complexity index is 698. The highest BCUT2D eigenvalue weighted by atomic mass is 28.3. The summed E-state index contributed by atoms with van der Waals surface area (Å²) in [5.41, 5.74) is -1.09. The monoisotopic (exact) mass is 434 g/mol. The van der Waals surface area contributed by atoms with Crippen molar-refractivity contribution in [1.82, 2.24) is 0 Å². The van der Waals surface area contributed by atoms with E-state index in [1.807, 2.05) is 13.0 Å². The Kier molecular flexibility index (Phi) is 6.60. The van der Waals surface area contributed by atoms with Gasteiger partial charge in [-0.2, -0.15) is 0 Å². The van der Waals surface area contributed by atoms with E-state index in [1.165, 1.54) is 0 Å². The van der Waals surface area contributed by atoms with Crippen LogP contribution in [-0.2, 0) is 19.1 Å². The molecular weight excluding hydrogens is 392 g/mol. The lowest BCUT2D eigenvalue weighted by molar-refractivity contribution is -0.198. The van der Waals surface area contributed by atoms with Gasteiger partial charge < -0.3 is 9.47 Å². The van der Waals surface area contributed by atoms with Crippen molar-refractivity contribution in [2.75, 3.05) is 13.4 Å². The summed E-state index contributed by atoms with van der Waals surface area (Å²) in [5, 5.41) is 0. The molecule has 0 spiro atoms. The highest BCUT2D eigenvalue weighted by Crippen LogP contribution is 2.65. The fraction of sp³-hybridized carbons (Fsp3) is 0.840. The number of carbonyl (C=O) groups excluding carboxylic acids is 2. The van der Waals surface area contributed by atoms with Crippen molar-refractivity contribution in [1.29, 1.82) is 0 Å². The maximum Gasteiger partial charge on any atom is 0.147 e. The summed E-state index contributed by atoms with van der Waals surface area (Å²) in [6.45, 7) is 18.5. The summed E-state index contributed by atoms with van der Waals surface area (Å²) in [6.07, 6.45) is 6.17. The molecule has 0 aromatic heterocycles. The SMILES string of the molecule is C=C[C@]1(C)C[C@@H](OCOCC[Si](C)(C)C)C2(C)C(C)CCC3(CCC(=O)C32)CC1=O. The third-order valence-electron chi connectivity index (χ3n) is 8.82. The molecule has 3 aliphatic carbocycles. The van der Waals surface area contributed by atoms with Gasteiger partial charge in [-0.3, -0.25) is 9.59 Å². The smallest absolute Gasteiger partial charge is 0.147 e. The van der Waals surface area contributed by atoms with Crippen LogP contribution in [0.1, 0.15) is 59.3 Å². The minimum Gasteiger partial charge on any atom is -0.356 e. The van der Waals surface area contributed by atoms with E-state index in [0.29, 0.717) is 37.6 Å². The number of hydrogen-bond acceptors (Lipinski definition) is 4. The largest absolute Gasteiger partial charge is 0.356 e. The number of ether oxygens (including phenoxy) is 2. The average Bonchev–Trinajstić information content (AvgIpc) is 2.99. The molecule has 0 aliphatic heterocycles. The molecule has 6 atom stereocenters. The van der Waals surface area contributed by atoms with E-state index in [-0.39, 0.29) is 35.4 Å². The topological polar surface area (TPSA) is 52.6 Å². The zero-order chi connectivity index (χ0) is 22.4. The van der Waals surface area contributed by atoms with E-state index in [0.717, 1.165) is 25.3 Å². The van der Waals surface area contributed by atoms with Crippen molar-refractivity contribution in [3.63, 3.8) is 0 Å². The molecule has 0 amide bonds. The molecule has 3 rings (SSSR count). The van der Waals surface area contributed by atoms with Gasteiger partial charge >= 0.3 is 0 Å². The van der Waals surface area contributed by atoms with Crippen LogP contribution in [0, 0.1) is 28.1 Å². The van der Waals surface area contributed by atoms with Gasteiger partial charge in [-0.05, 0) is 50.0 Å². The summed E-state index contributed by atoms with van der Waals surface area (Å²) >= 11 is 0. The summed E-state index contributed by atoms with van der Waals surface area (Å²) < 4.78 is 12.3. The van der Waals surface area contributed by atoms with E-state index < -0.39 is 13.5 Å². The van der Waals surface area contributed by atoms with E-state index >= 15 is 0 Å². The van der Waals surface area contributed by atoms with Crippen molar-refractivity contribution in [2.24, 2.45) is 28.1 Å². The first-order chi connectivity index (χ1) is 13.9. The molecule has 0 aromatic rings. The van der Waals surface area contributed by atoms with Crippen LogP contribution in [0.3, 0.4) is 0 Å². The molecule has 4 nitrogen and oxygen atoms in total. The molecule has 0 heterocycles. The van der Waals surface area contributed by atoms with Gasteiger partial charge in [0.25, 0.3) is 0 Å². The van der Waals surface area contributed by atoms with Crippen LogP contribution >= 0.6 is 0 Å². The summed E-state index contributed by atoms with van der Waals surface area (Å²) in [7, 11) is -1.16. The van der Waals surface area contributed by atoms with E-state index in [4.69, 9.17) is 9.47 Å². The molecule has 0 aromatic carbocycles. The minimum absolute atomic E-state index is 0.0842. The lowest BCUT2D eigenvalue weighted by Gasteiger charge is -2.58. The lowest BCUT2D eigenvalue weighted by Crippen LogP contribution is -2.59. The molecule has 0 N–H and O–H groups in total. The van der Waals surface area contributed by atoms with Crippen LogP contribution in [0.15, 0.2) is 12.7 Å². The summed E-state index contributed by atoms with van der Waals surface area (Å²) in [5.74, 6) is 0.848. The molecule has 4 unspecified atom stereocenters. The number of ketones is 2. The van der Waals surface area contributed by atoms with Crippen molar-refractivity contribution in [3.05, 3.63) is 12.7 Å². The first kappa shape index (κ1) is 23.9. The van der Waals surface area contributed by atoms with Gasteiger partial charge in [-0.25, -0.2) is 0 Å². The lowest BCUT2D eigenvalue weighted by atomic mass is 9.46. The predicted molar refractivity (Wildman–Crippen MR) is 123 cm³/mol. The molecule has 30 heavy (non-hydrogen) atoms. The predicted octanol–water partition coefficient (Wildman–Crippen LogP) is 5.64. The van der Waals surface area contributed by atoms with Crippen LogP contribution in [-0.4, -0.2) is 39.1 Å². The number of rotatable bonds is 7. The van der Waals surface area contributed by atoms with Gasteiger partial charge in [0.2, 0.25) is 0 Å². The van der Waals surface area contributed by atoms with Crippen LogP contribution in [0.25, 0.3) is 0 Å². The molecular formula is C25H42O4Si. The zero-order valence-electron chi connectivity index (χ0n) is 20.0. The minimum atomic E-state index is -1.16. The quantitative estimate of drug-likeness (QED) is 0.225. The van der Waals surface area contributed by atoms with Crippen LogP contribution in [0.4, 0.5) is 0 Å². The highest BCUT2D eigenvalue weighted by Gasteiger charge is 2.65. The van der Waals surface area contributed by atoms with Crippen molar-refractivity contribution in [2.45, 2.75) is 91.1 Å². The Hall–Kier alpha value is -0.783. The maximum atomic E-state index is 13.4. The van der Waals surface area contributed by atoms with Crippen LogP contribution in [0.2, 0.25) is 25.7 Å². The van der Waals surface area contributed by atoms with Gasteiger partial charge in [0, 0.05) is 44.3 Å². The maximum absolute atomic E-state index is 13.4. The van der Waals surface area contributed by atoms with E-state index in [1.54, 1.807) is 0 Å². The standard InChI is InChI=1S/C25H42O4Si/c1-8-23(3)16-21(29-17-28-13-14-30(5,6)7)24(4)18(2)9-11-25(15-20(23)27)12-10-19(26)22(24)25/h8,18,21-22H,1,9-17H2,2-7H3/t18?,21-,22?,23-,24?,25?/m1/s1. The number of Topliss-reactive ketones (excluding diaryl/α,β-unsaturated/α-hetero) is 2. The van der Waals surface area contributed by atoms with Crippen LogP contribution in [0.5, 0.6) is 0 Å². The third kappa shape index (κ3) is 4.14. The Morgan fingerprint density at radius 3 is 2.53 bits per heavy atom. The highest BCUT2D eigenvalue weighted by molar-refractivity contribution is 6.76. The second kappa shape index (κ2) is 8.29. The first-order valence-corrected chi connectivity index (χ1v) is 15.5. The number of hydrogen-bond donors (Lipinski definition) is 0. The summed E-state index contributed by atoms with van der Waals surface area (Å²) in [6, 6.07) is 1.10. The molecule has 0 radical (unpaired) electrons. The van der Waals surface area contributed by atoms with Crippen molar-refractivity contribution >= 4 is 19.6 Å². The fourth-order valence-corrected chi connectivity index (χ4v) is 7.16. The normalized spacial score (nSPS) is 41.9. The average molecular weight is 435 g/mol. The fourth-order valence-electron chi connectivity index (χ4n) is 6.40. The first-order valence-electron chi connectivity index (χ1n) is 11.8. The number of carbonyl (C=O) groups is 2. The molecule has 170 valence electrons. The van der Waals surface area contributed by atoms with Crippen molar-refractivity contribution in [3.8, 4) is 0 Å². The van der Waals surface area contributed by atoms with Gasteiger partial charge in [-0.1, -0.05) is 39.6 Å². The second-order valence-corrected chi connectivity index (χ2v) is 17.6. The summed E-state index contributed by atoms with van der Waals surface area (Å²) in [4.78, 5) is 26.6. The molecule has 3 aliphatic rings. The Labute approximate surface area is 184 Å². The molecule has 3 fully saturated rings. The van der Waals surface area contributed by atoms with Gasteiger partial charge in [0.1, 0.15) is 18.4 Å². The Balaban J connectivity index is 1.90. The zero-order valence-corrected chi connectivity index (χ0v) is 21.0.